The van der Waals surface area contributed by atoms with E-state index < -0.39 is 6.10 Å². The Labute approximate surface area is 123 Å². The Morgan fingerprint density at radius 2 is 1.80 bits per heavy atom. The molecule has 0 aliphatic rings. The van der Waals surface area contributed by atoms with Gasteiger partial charge in [-0.15, -0.1) is 0 Å². The number of ether oxygens (including phenoxy) is 1. The van der Waals surface area contributed by atoms with Gasteiger partial charge in [0.15, 0.2) is 0 Å². The molecule has 3 nitrogen and oxygen atoms in total. The van der Waals surface area contributed by atoms with Gasteiger partial charge in [-0.05, 0) is 50.9 Å². The van der Waals surface area contributed by atoms with Gasteiger partial charge in [0.1, 0.15) is 5.75 Å². The van der Waals surface area contributed by atoms with Crippen LogP contribution in [0, 0.1) is 0 Å². The maximum atomic E-state index is 10.4. The summed E-state index contributed by atoms with van der Waals surface area (Å²) in [6.45, 7) is 9.25. The van der Waals surface area contributed by atoms with Crippen LogP contribution < -0.4 is 10.1 Å². The number of nitrogens with one attached hydrogen (secondary N) is 1. The Kier molecular flexibility index (Phi) is 7.63. The monoisotopic (exact) mass is 279 g/mol. The summed E-state index contributed by atoms with van der Waals surface area (Å²) < 4.78 is 5.62. The molecule has 0 aliphatic heterocycles. The van der Waals surface area contributed by atoms with Crippen LogP contribution in [-0.4, -0.2) is 23.8 Å². The van der Waals surface area contributed by atoms with Gasteiger partial charge in [-0.1, -0.05) is 32.4 Å². The van der Waals surface area contributed by atoms with Gasteiger partial charge < -0.3 is 15.2 Å². The summed E-state index contributed by atoms with van der Waals surface area (Å²) in [6, 6.07) is 7.87. The molecule has 0 amide bonds. The van der Waals surface area contributed by atoms with Crippen molar-refractivity contribution in [3.63, 3.8) is 0 Å². The van der Waals surface area contributed by atoms with E-state index >= 15 is 0 Å². The lowest BCUT2D eigenvalue weighted by Crippen LogP contribution is -2.35. The summed E-state index contributed by atoms with van der Waals surface area (Å²) in [5.41, 5.74) is 0.942. The summed E-state index contributed by atoms with van der Waals surface area (Å²) in [5, 5.41) is 13.9. The van der Waals surface area contributed by atoms with Gasteiger partial charge in [-0.2, -0.15) is 0 Å². The van der Waals surface area contributed by atoms with Crippen LogP contribution in [0.5, 0.6) is 5.75 Å². The topological polar surface area (TPSA) is 41.5 Å². The van der Waals surface area contributed by atoms with Crippen LogP contribution in [0.1, 0.15) is 58.6 Å². The minimum absolute atomic E-state index is 0.110. The normalized spacial score (nSPS) is 14.3. The van der Waals surface area contributed by atoms with E-state index in [4.69, 9.17) is 4.74 Å². The molecule has 3 heteroatoms. The molecule has 0 spiro atoms. The van der Waals surface area contributed by atoms with Gasteiger partial charge in [-0.25, -0.2) is 0 Å². The van der Waals surface area contributed by atoms with Crippen LogP contribution >= 0.6 is 0 Å². The third-order valence-electron chi connectivity index (χ3n) is 3.35. The minimum atomic E-state index is -0.468. The van der Waals surface area contributed by atoms with Crippen molar-refractivity contribution in [2.75, 3.05) is 6.54 Å². The Hall–Kier alpha value is -1.06. The van der Waals surface area contributed by atoms with Crippen molar-refractivity contribution >= 4 is 0 Å². The Balaban J connectivity index is 2.62. The number of unbranched alkanes of at least 4 members (excludes halogenated alkanes) is 1. The molecule has 0 aliphatic carbocycles. The highest BCUT2D eigenvalue weighted by Gasteiger charge is 2.18. The van der Waals surface area contributed by atoms with Gasteiger partial charge in [0, 0.05) is 6.04 Å². The lowest BCUT2D eigenvalue weighted by atomic mass is 10.00. The predicted octanol–water partition coefficient (Wildman–Crippen LogP) is 3.68. The molecule has 0 aromatic heterocycles. The number of hydrogen-bond acceptors (Lipinski definition) is 3. The van der Waals surface area contributed by atoms with Crippen molar-refractivity contribution in [1.29, 1.82) is 0 Å². The first-order chi connectivity index (χ1) is 9.58. The van der Waals surface area contributed by atoms with Gasteiger partial charge in [0.2, 0.25) is 0 Å². The molecule has 0 radical (unpaired) electrons. The molecule has 0 saturated carbocycles. The first-order valence-corrected chi connectivity index (χ1v) is 7.76. The number of hydrogen-bond donors (Lipinski definition) is 2. The van der Waals surface area contributed by atoms with Crippen LogP contribution in [-0.2, 0) is 0 Å². The van der Waals surface area contributed by atoms with Crippen molar-refractivity contribution < 1.29 is 9.84 Å². The number of aliphatic hydroxyl groups excluding tert-OH is 1. The van der Waals surface area contributed by atoms with Crippen LogP contribution in [0.3, 0.4) is 0 Å². The average molecular weight is 279 g/mol. The summed E-state index contributed by atoms with van der Waals surface area (Å²) in [6.07, 6.45) is 2.93. The molecule has 0 fully saturated rings. The molecule has 2 unspecified atom stereocenters. The van der Waals surface area contributed by atoms with E-state index in [1.807, 2.05) is 38.1 Å². The zero-order chi connectivity index (χ0) is 15.0. The van der Waals surface area contributed by atoms with Gasteiger partial charge in [0.05, 0.1) is 12.2 Å². The van der Waals surface area contributed by atoms with Crippen LogP contribution in [0.2, 0.25) is 0 Å². The van der Waals surface area contributed by atoms with Crippen LogP contribution in [0.25, 0.3) is 0 Å². The van der Waals surface area contributed by atoms with E-state index in [2.05, 4.69) is 19.2 Å². The Morgan fingerprint density at radius 3 is 2.30 bits per heavy atom. The van der Waals surface area contributed by atoms with Crippen molar-refractivity contribution in [2.45, 2.75) is 65.2 Å². The van der Waals surface area contributed by atoms with E-state index in [-0.39, 0.29) is 12.1 Å². The quantitative estimate of drug-likeness (QED) is 0.678. The fraction of sp³-hybridized carbons (Fsp3) is 0.647. The molecule has 1 rings (SSSR count). The zero-order valence-electron chi connectivity index (χ0n) is 13.2. The maximum absolute atomic E-state index is 10.4. The fourth-order valence-electron chi connectivity index (χ4n) is 2.19. The largest absolute Gasteiger partial charge is 0.491 e. The van der Waals surface area contributed by atoms with Crippen molar-refractivity contribution in [1.82, 2.24) is 5.32 Å². The van der Waals surface area contributed by atoms with Gasteiger partial charge in [0.25, 0.3) is 0 Å². The van der Waals surface area contributed by atoms with Crippen molar-refractivity contribution in [3.05, 3.63) is 29.8 Å². The lowest BCUT2D eigenvalue weighted by Gasteiger charge is -2.23. The second kappa shape index (κ2) is 8.98. The average Bonchev–Trinajstić information content (AvgIpc) is 2.43. The molecule has 2 atom stereocenters. The summed E-state index contributed by atoms with van der Waals surface area (Å²) >= 11 is 0. The molecule has 114 valence electrons. The highest BCUT2D eigenvalue weighted by molar-refractivity contribution is 5.29. The molecule has 0 saturated heterocycles. The SMILES string of the molecule is CCCCNC(CC)C(O)c1ccc(OC(C)C)cc1. The first-order valence-electron chi connectivity index (χ1n) is 7.76. The van der Waals surface area contributed by atoms with Crippen molar-refractivity contribution in [2.24, 2.45) is 0 Å². The molecule has 1 aromatic rings. The second-order valence-corrected chi connectivity index (χ2v) is 5.50. The molecular weight excluding hydrogens is 250 g/mol. The smallest absolute Gasteiger partial charge is 0.119 e. The van der Waals surface area contributed by atoms with Gasteiger partial charge in [-0.3, -0.25) is 0 Å². The molecule has 1 aromatic carbocycles. The third kappa shape index (κ3) is 5.51. The fourth-order valence-corrected chi connectivity index (χ4v) is 2.19. The maximum Gasteiger partial charge on any atom is 0.119 e. The van der Waals surface area contributed by atoms with E-state index in [0.717, 1.165) is 30.7 Å². The van der Waals surface area contributed by atoms with Crippen LogP contribution in [0.15, 0.2) is 24.3 Å². The molecular formula is C17H29NO2. The number of aliphatic hydroxyl groups is 1. The van der Waals surface area contributed by atoms with Crippen LogP contribution in [0.4, 0.5) is 0 Å². The number of rotatable bonds is 9. The zero-order valence-corrected chi connectivity index (χ0v) is 13.2. The lowest BCUT2D eigenvalue weighted by molar-refractivity contribution is 0.126. The van der Waals surface area contributed by atoms with Gasteiger partial charge >= 0.3 is 0 Å². The third-order valence-corrected chi connectivity index (χ3v) is 3.35. The van der Waals surface area contributed by atoms with E-state index in [0.29, 0.717) is 0 Å². The van der Waals surface area contributed by atoms with E-state index in [1.165, 1.54) is 6.42 Å². The first kappa shape index (κ1) is 17.0. The summed E-state index contributed by atoms with van der Waals surface area (Å²) in [7, 11) is 0. The highest BCUT2D eigenvalue weighted by Crippen LogP contribution is 2.22. The molecule has 0 bridgehead atoms. The highest BCUT2D eigenvalue weighted by atomic mass is 16.5. The van der Waals surface area contributed by atoms with E-state index in [9.17, 15) is 5.11 Å². The Bertz CT molecular complexity index is 362. The Morgan fingerprint density at radius 1 is 1.15 bits per heavy atom. The molecule has 0 heterocycles. The number of benzene rings is 1. The molecule has 2 N–H and O–H groups in total. The molecule has 20 heavy (non-hydrogen) atoms. The summed E-state index contributed by atoms with van der Waals surface area (Å²) in [4.78, 5) is 0. The predicted molar refractivity (Wildman–Crippen MR) is 84.2 cm³/mol. The van der Waals surface area contributed by atoms with E-state index in [1.54, 1.807) is 0 Å². The summed E-state index contributed by atoms with van der Waals surface area (Å²) in [5.74, 6) is 0.850. The minimum Gasteiger partial charge on any atom is -0.491 e. The second-order valence-electron chi connectivity index (χ2n) is 5.50. The standard InChI is InChI=1S/C17H29NO2/c1-5-7-12-18-16(6-2)17(19)14-8-10-15(11-9-14)20-13(3)4/h8-11,13,16-19H,5-7,12H2,1-4H3. The van der Waals surface area contributed by atoms with Crippen molar-refractivity contribution in [3.8, 4) is 5.75 Å².